The predicted octanol–water partition coefficient (Wildman–Crippen LogP) is 3.19. The van der Waals surface area contributed by atoms with Crippen LogP contribution in [0.2, 0.25) is 0 Å². The van der Waals surface area contributed by atoms with Crippen LogP contribution in [0.5, 0.6) is 0 Å². The van der Waals surface area contributed by atoms with Crippen molar-refractivity contribution in [1.29, 1.82) is 0 Å². The minimum Gasteiger partial charge on any atom is -0.370 e. The highest BCUT2D eigenvalue weighted by Gasteiger charge is 2.07. The molecule has 2 rings (SSSR count). The van der Waals surface area contributed by atoms with Crippen molar-refractivity contribution in [2.24, 2.45) is 0 Å². The van der Waals surface area contributed by atoms with Crippen LogP contribution in [-0.4, -0.2) is 16.5 Å². The lowest BCUT2D eigenvalue weighted by molar-refractivity contribution is 1.09. The van der Waals surface area contributed by atoms with Crippen LogP contribution >= 0.6 is 0 Å². The molecule has 1 heterocycles. The van der Waals surface area contributed by atoms with Crippen molar-refractivity contribution in [3.05, 3.63) is 41.7 Å². The Morgan fingerprint density at radius 2 is 1.76 bits per heavy atom. The monoisotopic (exact) mass is 227 g/mol. The first-order valence-corrected chi connectivity index (χ1v) is 5.85. The van der Waals surface area contributed by atoms with Crippen molar-refractivity contribution in [2.45, 2.75) is 20.8 Å². The Bertz CT molecular complexity index is 503. The Hall–Kier alpha value is -1.90. The van der Waals surface area contributed by atoms with Crippen molar-refractivity contribution in [3.63, 3.8) is 0 Å². The minimum absolute atomic E-state index is 0.866. The number of hydrogen-bond acceptors (Lipinski definition) is 3. The zero-order chi connectivity index (χ0) is 12.3. The number of nitrogens with zero attached hydrogens (tertiary/aromatic N) is 2. The summed E-state index contributed by atoms with van der Waals surface area (Å²) in [5.41, 5.74) is 4.48. The fraction of sp³-hybridized carbons (Fsp3) is 0.286. The highest BCUT2D eigenvalue weighted by molar-refractivity contribution is 5.67. The third kappa shape index (κ3) is 2.44. The lowest BCUT2D eigenvalue weighted by Crippen LogP contribution is -2.03. The Kier molecular flexibility index (Phi) is 3.38. The minimum atomic E-state index is 0.866. The van der Waals surface area contributed by atoms with E-state index in [4.69, 9.17) is 0 Å². The van der Waals surface area contributed by atoms with Gasteiger partial charge in [0.05, 0.1) is 5.69 Å². The van der Waals surface area contributed by atoms with Crippen molar-refractivity contribution >= 4 is 5.82 Å². The molecule has 2 aromatic rings. The molecule has 0 saturated carbocycles. The molecular weight excluding hydrogens is 210 g/mol. The Labute approximate surface area is 102 Å². The number of anilines is 1. The van der Waals surface area contributed by atoms with Gasteiger partial charge in [-0.3, -0.25) is 0 Å². The molecule has 0 radical (unpaired) electrons. The second-order valence-corrected chi connectivity index (χ2v) is 4.09. The van der Waals surface area contributed by atoms with Gasteiger partial charge in [-0.15, -0.1) is 0 Å². The second-order valence-electron chi connectivity index (χ2n) is 4.09. The van der Waals surface area contributed by atoms with E-state index in [1.165, 1.54) is 5.56 Å². The number of benzene rings is 1. The van der Waals surface area contributed by atoms with Crippen LogP contribution in [0, 0.1) is 13.8 Å². The van der Waals surface area contributed by atoms with Gasteiger partial charge in [-0.1, -0.05) is 29.8 Å². The third-order valence-corrected chi connectivity index (χ3v) is 2.75. The molecule has 0 aliphatic heterocycles. The van der Waals surface area contributed by atoms with Gasteiger partial charge in [-0.25, -0.2) is 9.97 Å². The van der Waals surface area contributed by atoms with E-state index in [-0.39, 0.29) is 0 Å². The van der Waals surface area contributed by atoms with E-state index in [1.807, 2.05) is 6.92 Å². The maximum atomic E-state index is 4.37. The lowest BCUT2D eigenvalue weighted by atomic mass is 10.1. The number of nitrogens with one attached hydrogen (secondary N) is 1. The SMILES string of the molecule is CCNc1ncnc(-c2ccc(C)cc2)c1C. The molecule has 0 atom stereocenters. The summed E-state index contributed by atoms with van der Waals surface area (Å²) in [4.78, 5) is 8.62. The molecule has 1 N–H and O–H groups in total. The maximum Gasteiger partial charge on any atom is 0.132 e. The van der Waals surface area contributed by atoms with Crippen molar-refractivity contribution < 1.29 is 0 Å². The summed E-state index contributed by atoms with van der Waals surface area (Å²) in [6, 6.07) is 8.40. The Morgan fingerprint density at radius 3 is 2.41 bits per heavy atom. The van der Waals surface area contributed by atoms with Crippen LogP contribution < -0.4 is 5.32 Å². The average molecular weight is 227 g/mol. The smallest absolute Gasteiger partial charge is 0.132 e. The van der Waals surface area contributed by atoms with E-state index in [9.17, 15) is 0 Å². The lowest BCUT2D eigenvalue weighted by Gasteiger charge is -2.10. The van der Waals surface area contributed by atoms with Gasteiger partial charge < -0.3 is 5.32 Å². The molecule has 1 aromatic heterocycles. The summed E-state index contributed by atoms with van der Waals surface area (Å²) in [7, 11) is 0. The van der Waals surface area contributed by atoms with Gasteiger partial charge in [0.25, 0.3) is 0 Å². The highest BCUT2D eigenvalue weighted by Crippen LogP contribution is 2.24. The van der Waals surface area contributed by atoms with E-state index >= 15 is 0 Å². The van der Waals surface area contributed by atoms with Crippen LogP contribution in [-0.2, 0) is 0 Å². The number of rotatable bonds is 3. The van der Waals surface area contributed by atoms with Gasteiger partial charge in [0.1, 0.15) is 12.1 Å². The summed E-state index contributed by atoms with van der Waals surface area (Å²) < 4.78 is 0. The van der Waals surface area contributed by atoms with Gasteiger partial charge in [0.15, 0.2) is 0 Å². The molecule has 0 amide bonds. The van der Waals surface area contributed by atoms with Gasteiger partial charge in [0.2, 0.25) is 0 Å². The molecule has 0 bridgehead atoms. The first-order valence-electron chi connectivity index (χ1n) is 5.85. The number of aromatic nitrogens is 2. The summed E-state index contributed by atoms with van der Waals surface area (Å²) in [6.07, 6.45) is 1.61. The van der Waals surface area contributed by atoms with Crippen LogP contribution in [0.3, 0.4) is 0 Å². The third-order valence-electron chi connectivity index (χ3n) is 2.75. The van der Waals surface area contributed by atoms with Gasteiger partial charge in [-0.05, 0) is 20.8 Å². The standard InChI is InChI=1S/C14H17N3/c1-4-15-14-11(3)13(16-9-17-14)12-7-5-10(2)6-8-12/h5-9H,4H2,1-3H3,(H,15,16,17). The molecule has 17 heavy (non-hydrogen) atoms. The van der Waals surface area contributed by atoms with Crippen LogP contribution in [0.1, 0.15) is 18.1 Å². The fourth-order valence-electron chi connectivity index (χ4n) is 1.80. The number of aryl methyl sites for hydroxylation is 1. The zero-order valence-electron chi connectivity index (χ0n) is 10.5. The highest BCUT2D eigenvalue weighted by atomic mass is 15.0. The molecule has 0 spiro atoms. The normalized spacial score (nSPS) is 10.3. The molecule has 0 saturated heterocycles. The Balaban J connectivity index is 2.45. The van der Waals surface area contributed by atoms with Crippen LogP contribution in [0.25, 0.3) is 11.3 Å². The molecular formula is C14H17N3. The zero-order valence-corrected chi connectivity index (χ0v) is 10.5. The van der Waals surface area contributed by atoms with E-state index in [1.54, 1.807) is 6.33 Å². The molecule has 0 aliphatic carbocycles. The fourth-order valence-corrected chi connectivity index (χ4v) is 1.80. The quantitative estimate of drug-likeness (QED) is 0.875. The van der Waals surface area contributed by atoms with Crippen molar-refractivity contribution in [3.8, 4) is 11.3 Å². The average Bonchev–Trinajstić information content (AvgIpc) is 2.34. The summed E-state index contributed by atoms with van der Waals surface area (Å²) in [5, 5.41) is 3.25. The topological polar surface area (TPSA) is 37.8 Å². The Morgan fingerprint density at radius 1 is 1.06 bits per heavy atom. The molecule has 3 nitrogen and oxygen atoms in total. The predicted molar refractivity (Wildman–Crippen MR) is 71.1 cm³/mol. The van der Waals surface area contributed by atoms with Gasteiger partial charge in [-0.2, -0.15) is 0 Å². The van der Waals surface area contributed by atoms with Crippen molar-refractivity contribution in [1.82, 2.24) is 9.97 Å². The molecule has 0 fully saturated rings. The van der Waals surface area contributed by atoms with E-state index < -0.39 is 0 Å². The summed E-state index contributed by atoms with van der Waals surface area (Å²) in [5.74, 6) is 0.915. The largest absolute Gasteiger partial charge is 0.370 e. The van der Waals surface area contributed by atoms with Crippen LogP contribution in [0.4, 0.5) is 5.82 Å². The molecule has 1 aromatic carbocycles. The van der Waals surface area contributed by atoms with Crippen LogP contribution in [0.15, 0.2) is 30.6 Å². The van der Waals surface area contributed by atoms with Crippen molar-refractivity contribution in [2.75, 3.05) is 11.9 Å². The molecule has 0 aliphatic rings. The number of hydrogen-bond donors (Lipinski definition) is 1. The van der Waals surface area contributed by atoms with E-state index in [2.05, 4.69) is 53.4 Å². The second kappa shape index (κ2) is 4.95. The van der Waals surface area contributed by atoms with E-state index in [0.29, 0.717) is 0 Å². The summed E-state index contributed by atoms with van der Waals surface area (Å²) in [6.45, 7) is 7.06. The maximum absolute atomic E-state index is 4.37. The summed E-state index contributed by atoms with van der Waals surface area (Å²) >= 11 is 0. The van der Waals surface area contributed by atoms with Gasteiger partial charge >= 0.3 is 0 Å². The first kappa shape index (κ1) is 11.6. The van der Waals surface area contributed by atoms with E-state index in [0.717, 1.165) is 29.2 Å². The first-order chi connectivity index (χ1) is 8.22. The molecule has 3 heteroatoms. The molecule has 88 valence electrons. The van der Waals surface area contributed by atoms with Gasteiger partial charge in [0, 0.05) is 17.7 Å². The molecule has 0 unspecified atom stereocenters.